The smallest absolute Gasteiger partial charge is 0.227 e. The number of hydrogen-bond donors (Lipinski definition) is 0. The minimum atomic E-state index is 0.0573. The van der Waals surface area contributed by atoms with Crippen LogP contribution in [0.2, 0.25) is 0 Å². The Kier molecular flexibility index (Phi) is 4.57. The van der Waals surface area contributed by atoms with E-state index in [1.165, 1.54) is 44.9 Å². The van der Waals surface area contributed by atoms with Gasteiger partial charge in [0.25, 0.3) is 0 Å². The lowest BCUT2D eigenvalue weighted by Gasteiger charge is -2.45. The van der Waals surface area contributed by atoms with Gasteiger partial charge in [-0.25, -0.2) is 0 Å². The van der Waals surface area contributed by atoms with Gasteiger partial charge in [0, 0.05) is 32.1 Å². The molecule has 4 fully saturated rings. The molecule has 0 radical (unpaired) electrons. The quantitative estimate of drug-likeness (QED) is 0.779. The Morgan fingerprint density at radius 3 is 2.00 bits per heavy atom. The predicted octanol–water partition coefficient (Wildman–Crippen LogP) is 3.21. The first kappa shape index (κ1) is 16.4. The van der Waals surface area contributed by atoms with Crippen molar-refractivity contribution in [3.05, 3.63) is 0 Å². The van der Waals surface area contributed by atoms with Crippen molar-refractivity contribution in [2.75, 3.05) is 26.2 Å². The van der Waals surface area contributed by atoms with Gasteiger partial charge in [-0.05, 0) is 56.8 Å². The largest absolute Gasteiger partial charge is 0.342 e. The third-order valence-electron chi connectivity index (χ3n) is 7.06. The zero-order chi connectivity index (χ0) is 16.6. The first-order valence-electron chi connectivity index (χ1n) is 10.2. The van der Waals surface area contributed by atoms with Crippen LogP contribution in [0.15, 0.2) is 0 Å². The van der Waals surface area contributed by atoms with Gasteiger partial charge < -0.3 is 9.80 Å². The van der Waals surface area contributed by atoms with E-state index in [0.717, 1.165) is 45.3 Å². The monoisotopic (exact) mass is 332 g/mol. The van der Waals surface area contributed by atoms with Crippen LogP contribution in [0.25, 0.3) is 0 Å². The van der Waals surface area contributed by atoms with Crippen molar-refractivity contribution in [3.63, 3.8) is 0 Å². The predicted molar refractivity (Wildman–Crippen MR) is 93.4 cm³/mol. The minimum absolute atomic E-state index is 0.0573. The summed E-state index contributed by atoms with van der Waals surface area (Å²) in [6, 6.07) is 0. The molecule has 4 heteroatoms. The number of rotatable bonds is 2. The number of nitrogens with zero attached hydrogens (tertiary/aromatic N) is 2. The highest BCUT2D eigenvalue weighted by Crippen LogP contribution is 2.44. The molecule has 2 heterocycles. The topological polar surface area (TPSA) is 40.6 Å². The summed E-state index contributed by atoms with van der Waals surface area (Å²) >= 11 is 0. The Labute approximate surface area is 145 Å². The van der Waals surface area contributed by atoms with E-state index in [9.17, 15) is 9.59 Å². The Morgan fingerprint density at radius 2 is 1.33 bits per heavy atom. The van der Waals surface area contributed by atoms with Crippen LogP contribution in [0.4, 0.5) is 0 Å². The second-order valence-corrected chi connectivity index (χ2v) is 8.78. The average molecular weight is 332 g/mol. The van der Waals surface area contributed by atoms with Crippen molar-refractivity contribution in [3.8, 4) is 0 Å². The third kappa shape index (κ3) is 3.34. The number of likely N-dealkylation sites (tertiary alicyclic amines) is 2. The van der Waals surface area contributed by atoms with Crippen molar-refractivity contribution in [1.29, 1.82) is 0 Å². The van der Waals surface area contributed by atoms with Crippen molar-refractivity contribution >= 4 is 11.8 Å². The molecule has 4 rings (SSSR count). The maximum Gasteiger partial charge on any atom is 0.227 e. The molecular weight excluding hydrogens is 300 g/mol. The molecule has 2 saturated carbocycles. The molecule has 0 bridgehead atoms. The van der Waals surface area contributed by atoms with Crippen LogP contribution in [0.3, 0.4) is 0 Å². The normalized spacial score (nSPS) is 30.4. The number of amides is 2. The van der Waals surface area contributed by atoms with Crippen LogP contribution in [0.5, 0.6) is 0 Å². The van der Waals surface area contributed by atoms with Crippen LogP contribution in [-0.4, -0.2) is 47.8 Å². The van der Waals surface area contributed by atoms with Gasteiger partial charge in [0.05, 0.1) is 5.92 Å². The van der Waals surface area contributed by atoms with Gasteiger partial charge in [-0.15, -0.1) is 0 Å². The summed E-state index contributed by atoms with van der Waals surface area (Å²) in [6.07, 6.45) is 13.4. The molecule has 0 aromatic carbocycles. The maximum atomic E-state index is 13.0. The fourth-order valence-corrected chi connectivity index (χ4v) is 5.23. The van der Waals surface area contributed by atoms with E-state index >= 15 is 0 Å². The number of carbonyl (C=O) groups is 2. The highest BCUT2D eigenvalue weighted by Gasteiger charge is 2.40. The second-order valence-electron chi connectivity index (χ2n) is 8.78. The summed E-state index contributed by atoms with van der Waals surface area (Å²) < 4.78 is 0. The summed E-state index contributed by atoms with van der Waals surface area (Å²) in [5.74, 6) is 0.975. The van der Waals surface area contributed by atoms with Crippen LogP contribution in [-0.2, 0) is 9.59 Å². The van der Waals surface area contributed by atoms with E-state index in [2.05, 4.69) is 4.90 Å². The average Bonchev–Trinajstić information content (AvgIpc) is 3.47. The highest BCUT2D eigenvalue weighted by atomic mass is 16.2. The molecule has 0 N–H and O–H groups in total. The fourth-order valence-electron chi connectivity index (χ4n) is 5.23. The molecule has 1 unspecified atom stereocenters. The molecular formula is C20H32N2O2. The number of hydrogen-bond acceptors (Lipinski definition) is 2. The Morgan fingerprint density at radius 1 is 0.667 bits per heavy atom. The molecule has 2 amide bonds. The summed E-state index contributed by atoms with van der Waals surface area (Å²) in [5, 5.41) is 0. The Balaban J connectivity index is 1.31. The summed E-state index contributed by atoms with van der Waals surface area (Å²) in [5.41, 5.74) is 0.551. The van der Waals surface area contributed by atoms with E-state index < -0.39 is 0 Å². The van der Waals surface area contributed by atoms with Crippen molar-refractivity contribution in [1.82, 2.24) is 9.80 Å². The van der Waals surface area contributed by atoms with Crippen LogP contribution < -0.4 is 0 Å². The first-order chi connectivity index (χ1) is 11.7. The molecule has 1 atom stereocenters. The standard InChI is InChI=1S/C20H32N2O2/c23-18(16-6-7-16)22-12-4-5-17(15-22)19(24)21-13-10-20(11-14-21)8-2-1-3-9-20/h16-17H,1-15H2. The third-order valence-corrected chi connectivity index (χ3v) is 7.06. The van der Waals surface area contributed by atoms with E-state index in [-0.39, 0.29) is 11.8 Å². The SMILES string of the molecule is O=C(C1CCCN(C(=O)C2CC2)C1)N1CCC2(CCCCC2)CC1. The van der Waals surface area contributed by atoms with Crippen molar-refractivity contribution in [2.45, 2.75) is 70.6 Å². The van der Waals surface area contributed by atoms with Crippen molar-refractivity contribution < 1.29 is 9.59 Å². The summed E-state index contributed by atoms with van der Waals surface area (Å²) in [7, 11) is 0. The lowest BCUT2D eigenvalue weighted by atomic mass is 9.68. The van der Waals surface area contributed by atoms with Crippen molar-refractivity contribution in [2.24, 2.45) is 17.3 Å². The molecule has 1 spiro atoms. The van der Waals surface area contributed by atoms with E-state index in [1.54, 1.807) is 0 Å². The second kappa shape index (κ2) is 6.68. The lowest BCUT2D eigenvalue weighted by Crippen LogP contribution is -2.50. The minimum Gasteiger partial charge on any atom is -0.342 e. The summed E-state index contributed by atoms with van der Waals surface area (Å²) in [4.78, 5) is 29.4. The van der Waals surface area contributed by atoms with Crippen LogP contribution in [0.1, 0.15) is 70.6 Å². The Bertz CT molecular complexity index is 484. The molecule has 4 aliphatic rings. The molecule has 2 aliphatic carbocycles. The zero-order valence-corrected chi connectivity index (χ0v) is 15.0. The van der Waals surface area contributed by atoms with Crippen LogP contribution in [0, 0.1) is 17.3 Å². The lowest BCUT2D eigenvalue weighted by molar-refractivity contribution is -0.143. The maximum absolute atomic E-state index is 13.0. The first-order valence-corrected chi connectivity index (χ1v) is 10.2. The summed E-state index contributed by atoms with van der Waals surface area (Å²) in [6.45, 7) is 3.44. The van der Waals surface area contributed by atoms with Gasteiger partial charge in [0.2, 0.25) is 11.8 Å². The molecule has 24 heavy (non-hydrogen) atoms. The van der Waals surface area contributed by atoms with Gasteiger partial charge in [0.15, 0.2) is 0 Å². The van der Waals surface area contributed by atoms with E-state index in [4.69, 9.17) is 0 Å². The fraction of sp³-hybridized carbons (Fsp3) is 0.900. The molecule has 134 valence electrons. The van der Waals surface area contributed by atoms with Gasteiger partial charge in [-0.1, -0.05) is 19.3 Å². The van der Waals surface area contributed by atoms with E-state index in [1.807, 2.05) is 4.90 Å². The van der Waals surface area contributed by atoms with Gasteiger partial charge >= 0.3 is 0 Å². The molecule has 0 aromatic rings. The van der Waals surface area contributed by atoms with Gasteiger partial charge in [-0.3, -0.25) is 9.59 Å². The Hall–Kier alpha value is -1.06. The van der Waals surface area contributed by atoms with Gasteiger partial charge in [-0.2, -0.15) is 0 Å². The highest BCUT2D eigenvalue weighted by molar-refractivity contribution is 5.83. The molecule has 4 nitrogen and oxygen atoms in total. The van der Waals surface area contributed by atoms with Crippen LogP contribution >= 0.6 is 0 Å². The molecule has 2 aliphatic heterocycles. The number of carbonyl (C=O) groups excluding carboxylic acids is 2. The molecule has 0 aromatic heterocycles. The zero-order valence-electron chi connectivity index (χ0n) is 15.0. The van der Waals surface area contributed by atoms with Gasteiger partial charge in [0.1, 0.15) is 0 Å². The van der Waals surface area contributed by atoms with E-state index in [0.29, 0.717) is 23.8 Å². The number of piperidine rings is 2. The molecule has 2 saturated heterocycles.